The van der Waals surface area contributed by atoms with Crippen LogP contribution in [-0.4, -0.2) is 18.0 Å². The predicted molar refractivity (Wildman–Crippen MR) is 55.2 cm³/mol. The van der Waals surface area contributed by atoms with Crippen molar-refractivity contribution in [1.29, 1.82) is 0 Å². The smallest absolute Gasteiger partial charge is 0.271 e. The lowest BCUT2D eigenvalue weighted by Gasteiger charge is -2.05. The number of nitrogens with one attached hydrogen (secondary N) is 1. The van der Waals surface area contributed by atoms with Crippen LogP contribution in [0, 0.1) is 15.9 Å². The summed E-state index contributed by atoms with van der Waals surface area (Å²) in [4.78, 5) is 9.87. The van der Waals surface area contributed by atoms with E-state index < -0.39 is 10.7 Å². The second kappa shape index (κ2) is 5.26. The van der Waals surface area contributed by atoms with Gasteiger partial charge in [-0.25, -0.2) is 4.39 Å². The molecule has 1 rings (SSSR count). The molecular formula is C9H12FN3O2. The van der Waals surface area contributed by atoms with E-state index in [1.54, 1.807) is 0 Å². The number of halogens is 1. The highest BCUT2D eigenvalue weighted by Gasteiger charge is 2.09. The van der Waals surface area contributed by atoms with Crippen molar-refractivity contribution in [3.8, 4) is 0 Å². The summed E-state index contributed by atoms with van der Waals surface area (Å²) in [5.41, 5.74) is 5.27. The Kier molecular flexibility index (Phi) is 3.99. The molecule has 82 valence electrons. The average molecular weight is 213 g/mol. The van der Waals surface area contributed by atoms with Crippen molar-refractivity contribution < 1.29 is 9.31 Å². The van der Waals surface area contributed by atoms with Crippen molar-refractivity contribution in [3.63, 3.8) is 0 Å². The quantitative estimate of drug-likeness (QED) is 0.441. The highest BCUT2D eigenvalue weighted by atomic mass is 19.1. The van der Waals surface area contributed by atoms with Crippen LogP contribution in [0.2, 0.25) is 0 Å². The maximum Gasteiger partial charge on any atom is 0.271 e. The molecule has 0 heterocycles. The van der Waals surface area contributed by atoms with Gasteiger partial charge in [0.15, 0.2) is 0 Å². The minimum atomic E-state index is -0.562. The van der Waals surface area contributed by atoms with Gasteiger partial charge in [0.2, 0.25) is 0 Å². The van der Waals surface area contributed by atoms with Gasteiger partial charge in [0.1, 0.15) is 5.82 Å². The van der Waals surface area contributed by atoms with Gasteiger partial charge in [-0.15, -0.1) is 0 Å². The molecule has 0 spiro atoms. The normalized spacial score (nSPS) is 10.0. The summed E-state index contributed by atoms with van der Waals surface area (Å²) in [7, 11) is 0. The number of rotatable bonds is 5. The number of hydrogen-bond donors (Lipinski definition) is 2. The summed E-state index contributed by atoms with van der Waals surface area (Å²) in [5.74, 6) is -0.502. The lowest BCUT2D eigenvalue weighted by atomic mass is 10.2. The van der Waals surface area contributed by atoms with E-state index in [1.165, 1.54) is 6.07 Å². The minimum Gasteiger partial charge on any atom is -0.382 e. The summed E-state index contributed by atoms with van der Waals surface area (Å²) >= 11 is 0. The van der Waals surface area contributed by atoms with Crippen molar-refractivity contribution in [3.05, 3.63) is 34.1 Å². The molecule has 5 nitrogen and oxygen atoms in total. The van der Waals surface area contributed by atoms with Crippen molar-refractivity contribution in [2.24, 2.45) is 5.73 Å². The van der Waals surface area contributed by atoms with Gasteiger partial charge in [0.25, 0.3) is 5.69 Å². The molecule has 0 radical (unpaired) electrons. The molecule has 0 amide bonds. The zero-order valence-corrected chi connectivity index (χ0v) is 8.07. The number of nitrogens with zero attached hydrogens (tertiary/aromatic N) is 1. The van der Waals surface area contributed by atoms with Gasteiger partial charge in [-0.2, -0.15) is 0 Å². The van der Waals surface area contributed by atoms with Gasteiger partial charge < -0.3 is 11.1 Å². The van der Waals surface area contributed by atoms with E-state index in [9.17, 15) is 14.5 Å². The Morgan fingerprint density at radius 3 is 2.87 bits per heavy atom. The Morgan fingerprint density at radius 2 is 2.27 bits per heavy atom. The third kappa shape index (κ3) is 3.17. The number of nitro groups is 1. The Hall–Kier alpha value is -1.69. The molecule has 15 heavy (non-hydrogen) atoms. The molecular weight excluding hydrogens is 201 g/mol. The maximum atomic E-state index is 13.1. The van der Waals surface area contributed by atoms with Crippen LogP contribution in [0.5, 0.6) is 0 Å². The monoisotopic (exact) mass is 213 g/mol. The number of nitro benzene ring substituents is 1. The number of benzene rings is 1. The first-order valence-electron chi connectivity index (χ1n) is 4.53. The van der Waals surface area contributed by atoms with Gasteiger partial charge >= 0.3 is 0 Å². The van der Waals surface area contributed by atoms with Crippen LogP contribution in [0.4, 0.5) is 15.8 Å². The summed E-state index contributed by atoms with van der Waals surface area (Å²) in [5, 5.41) is 13.2. The summed E-state index contributed by atoms with van der Waals surface area (Å²) in [6, 6.07) is 3.37. The van der Waals surface area contributed by atoms with E-state index in [-0.39, 0.29) is 11.4 Å². The molecule has 1 aromatic rings. The largest absolute Gasteiger partial charge is 0.382 e. The molecule has 0 fully saturated rings. The van der Waals surface area contributed by atoms with E-state index in [4.69, 9.17) is 5.73 Å². The van der Waals surface area contributed by atoms with Crippen molar-refractivity contribution >= 4 is 11.4 Å². The SMILES string of the molecule is NCCCNc1cc([N+](=O)[O-])ccc1F. The molecule has 1 aromatic carbocycles. The summed E-state index contributed by atoms with van der Waals surface area (Å²) in [6.07, 6.45) is 0.683. The Labute approximate surface area is 86.2 Å². The lowest BCUT2D eigenvalue weighted by Crippen LogP contribution is -2.09. The standard InChI is InChI=1S/C9H12FN3O2/c10-8-3-2-7(13(14)15)6-9(8)12-5-1-4-11/h2-3,6,12H,1,4-5,11H2. The third-order valence-electron chi connectivity index (χ3n) is 1.86. The van der Waals surface area contributed by atoms with Crippen molar-refractivity contribution in [2.45, 2.75) is 6.42 Å². The van der Waals surface area contributed by atoms with E-state index in [0.29, 0.717) is 19.5 Å². The van der Waals surface area contributed by atoms with E-state index >= 15 is 0 Å². The second-order valence-electron chi connectivity index (χ2n) is 2.99. The van der Waals surface area contributed by atoms with Crippen molar-refractivity contribution in [2.75, 3.05) is 18.4 Å². The zero-order valence-electron chi connectivity index (χ0n) is 8.07. The minimum absolute atomic E-state index is 0.133. The highest BCUT2D eigenvalue weighted by molar-refractivity contribution is 5.52. The van der Waals surface area contributed by atoms with Crippen LogP contribution in [0.25, 0.3) is 0 Å². The highest BCUT2D eigenvalue weighted by Crippen LogP contribution is 2.20. The topological polar surface area (TPSA) is 81.2 Å². The molecule has 0 aromatic heterocycles. The fourth-order valence-electron chi connectivity index (χ4n) is 1.09. The van der Waals surface area contributed by atoms with Crippen LogP contribution >= 0.6 is 0 Å². The summed E-state index contributed by atoms with van der Waals surface area (Å²) in [6.45, 7) is 0.984. The first kappa shape index (κ1) is 11.4. The van der Waals surface area contributed by atoms with Crippen LogP contribution in [0.1, 0.15) is 6.42 Å². The van der Waals surface area contributed by atoms with E-state index in [2.05, 4.69) is 5.32 Å². The predicted octanol–water partition coefficient (Wildman–Crippen LogP) is 1.49. The van der Waals surface area contributed by atoms with Crippen LogP contribution in [-0.2, 0) is 0 Å². The fraction of sp³-hybridized carbons (Fsp3) is 0.333. The average Bonchev–Trinajstić information content (AvgIpc) is 2.20. The fourth-order valence-corrected chi connectivity index (χ4v) is 1.09. The van der Waals surface area contributed by atoms with Gasteiger partial charge in [-0.05, 0) is 19.0 Å². The zero-order chi connectivity index (χ0) is 11.3. The molecule has 0 aliphatic rings. The van der Waals surface area contributed by atoms with Crippen LogP contribution < -0.4 is 11.1 Å². The first-order valence-corrected chi connectivity index (χ1v) is 4.53. The molecule has 0 saturated heterocycles. The van der Waals surface area contributed by atoms with Gasteiger partial charge in [-0.3, -0.25) is 10.1 Å². The van der Waals surface area contributed by atoms with Crippen LogP contribution in [0.3, 0.4) is 0 Å². The number of nitrogens with two attached hydrogens (primary N) is 1. The van der Waals surface area contributed by atoms with Gasteiger partial charge in [0.05, 0.1) is 10.6 Å². The van der Waals surface area contributed by atoms with Gasteiger partial charge in [-0.1, -0.05) is 0 Å². The number of hydrogen-bond acceptors (Lipinski definition) is 4. The molecule has 3 N–H and O–H groups in total. The first-order chi connectivity index (χ1) is 7.15. The lowest BCUT2D eigenvalue weighted by molar-refractivity contribution is -0.384. The second-order valence-corrected chi connectivity index (χ2v) is 2.99. The Balaban J connectivity index is 2.76. The molecule has 0 bridgehead atoms. The van der Waals surface area contributed by atoms with Crippen molar-refractivity contribution in [1.82, 2.24) is 0 Å². The van der Waals surface area contributed by atoms with Crippen LogP contribution in [0.15, 0.2) is 18.2 Å². The molecule has 0 saturated carbocycles. The van der Waals surface area contributed by atoms with E-state index in [1.807, 2.05) is 0 Å². The van der Waals surface area contributed by atoms with Gasteiger partial charge in [0, 0.05) is 18.7 Å². The molecule has 0 atom stereocenters. The molecule has 6 heteroatoms. The van der Waals surface area contributed by atoms with E-state index in [0.717, 1.165) is 12.1 Å². The Morgan fingerprint density at radius 1 is 1.53 bits per heavy atom. The molecule has 0 aliphatic heterocycles. The Bertz CT molecular complexity index is 357. The summed E-state index contributed by atoms with van der Waals surface area (Å²) < 4.78 is 13.1. The third-order valence-corrected chi connectivity index (χ3v) is 1.86. The maximum absolute atomic E-state index is 13.1. The molecule has 0 unspecified atom stereocenters. The number of anilines is 1. The molecule has 0 aliphatic carbocycles. The number of non-ortho nitro benzene ring substituents is 1.